The van der Waals surface area contributed by atoms with Gasteiger partial charge in [0.05, 0.1) is 10.8 Å². The average molecular weight is 370 g/mol. The van der Waals surface area contributed by atoms with Crippen molar-refractivity contribution >= 4 is 23.3 Å². The molecular formula is C20H22N2O5. The van der Waals surface area contributed by atoms with Gasteiger partial charge in [0.2, 0.25) is 0 Å². The summed E-state index contributed by atoms with van der Waals surface area (Å²) in [6.07, 6.45) is 0.775. The molecule has 0 aliphatic rings. The normalized spacial score (nSPS) is 12.7. The molecule has 2 aromatic rings. The van der Waals surface area contributed by atoms with Gasteiger partial charge in [-0.1, -0.05) is 62.7 Å². The number of benzene rings is 2. The number of anilines is 1. The zero-order valence-electron chi connectivity index (χ0n) is 15.3. The van der Waals surface area contributed by atoms with E-state index >= 15 is 0 Å². The zero-order valence-corrected chi connectivity index (χ0v) is 15.3. The van der Waals surface area contributed by atoms with Crippen LogP contribution in [0.25, 0.3) is 0 Å². The molecule has 142 valence electrons. The molecule has 27 heavy (non-hydrogen) atoms. The van der Waals surface area contributed by atoms with E-state index in [4.69, 9.17) is 4.74 Å². The maximum Gasteiger partial charge on any atom is 0.314 e. The minimum absolute atomic E-state index is 0.0400. The fourth-order valence-electron chi connectivity index (χ4n) is 2.74. The molecule has 2 aromatic carbocycles. The maximum atomic E-state index is 12.6. The molecule has 0 spiro atoms. The number of carbonyl (C=O) groups is 2. The summed E-state index contributed by atoms with van der Waals surface area (Å²) in [5.74, 6) is -1.56. The molecule has 7 nitrogen and oxygen atoms in total. The quantitative estimate of drug-likeness (QED) is 0.431. The number of nitrogens with zero attached hydrogens (tertiary/aromatic N) is 1. The Balaban J connectivity index is 2.03. The molecule has 0 aliphatic heterocycles. The van der Waals surface area contributed by atoms with Crippen LogP contribution in [-0.4, -0.2) is 23.4 Å². The van der Waals surface area contributed by atoms with Crippen molar-refractivity contribution in [1.82, 2.24) is 0 Å². The van der Waals surface area contributed by atoms with E-state index in [0.717, 1.165) is 12.0 Å². The average Bonchev–Trinajstić information content (AvgIpc) is 2.67. The van der Waals surface area contributed by atoms with Gasteiger partial charge in [0.15, 0.2) is 6.61 Å². The molecule has 0 saturated heterocycles. The smallest absolute Gasteiger partial charge is 0.314 e. The number of nitrogens with one attached hydrogen (secondary N) is 1. The van der Waals surface area contributed by atoms with Crippen LogP contribution in [-0.2, 0) is 14.3 Å². The monoisotopic (exact) mass is 370 g/mol. The topological polar surface area (TPSA) is 98.5 Å². The highest BCUT2D eigenvalue weighted by molar-refractivity contribution is 5.95. The lowest BCUT2D eigenvalue weighted by Gasteiger charge is -2.21. The SMILES string of the molecule is CC[C@H](C)[C@H](C(=O)OCC(=O)Nc1ccccc1[N+](=O)[O-])c1ccccc1. The predicted molar refractivity (Wildman–Crippen MR) is 101 cm³/mol. The molecule has 7 heteroatoms. The second-order valence-corrected chi connectivity index (χ2v) is 6.20. The third-order valence-corrected chi connectivity index (χ3v) is 4.35. The van der Waals surface area contributed by atoms with Crippen LogP contribution in [0.2, 0.25) is 0 Å². The molecule has 0 heterocycles. The Morgan fingerprint density at radius 1 is 1.11 bits per heavy atom. The molecule has 0 aliphatic carbocycles. The summed E-state index contributed by atoms with van der Waals surface area (Å²) < 4.78 is 5.20. The number of hydrogen-bond donors (Lipinski definition) is 1. The van der Waals surface area contributed by atoms with Gasteiger partial charge in [-0.2, -0.15) is 0 Å². The second-order valence-electron chi connectivity index (χ2n) is 6.20. The van der Waals surface area contributed by atoms with Gasteiger partial charge in [0, 0.05) is 6.07 Å². The lowest BCUT2D eigenvalue weighted by Crippen LogP contribution is -2.27. The van der Waals surface area contributed by atoms with Gasteiger partial charge in [0.25, 0.3) is 11.6 Å². The first-order valence-electron chi connectivity index (χ1n) is 8.68. The van der Waals surface area contributed by atoms with Crippen LogP contribution in [0.1, 0.15) is 31.7 Å². The first-order valence-corrected chi connectivity index (χ1v) is 8.68. The van der Waals surface area contributed by atoms with Gasteiger partial charge < -0.3 is 10.1 Å². The van der Waals surface area contributed by atoms with Crippen LogP contribution in [0.3, 0.4) is 0 Å². The van der Waals surface area contributed by atoms with Gasteiger partial charge in [-0.25, -0.2) is 0 Å². The largest absolute Gasteiger partial charge is 0.455 e. The number of ether oxygens (including phenoxy) is 1. The van der Waals surface area contributed by atoms with Crippen LogP contribution in [0, 0.1) is 16.0 Å². The Bertz CT molecular complexity index is 807. The highest BCUT2D eigenvalue weighted by Gasteiger charge is 2.28. The van der Waals surface area contributed by atoms with Crippen LogP contribution < -0.4 is 5.32 Å². The van der Waals surface area contributed by atoms with Crippen molar-refractivity contribution in [2.75, 3.05) is 11.9 Å². The van der Waals surface area contributed by atoms with Gasteiger partial charge in [-0.05, 0) is 17.5 Å². The van der Waals surface area contributed by atoms with Gasteiger partial charge in [0.1, 0.15) is 5.69 Å². The minimum atomic E-state index is -0.631. The van der Waals surface area contributed by atoms with E-state index in [2.05, 4.69) is 5.32 Å². The molecule has 0 unspecified atom stereocenters. The van der Waals surface area contributed by atoms with Crippen molar-refractivity contribution in [3.05, 3.63) is 70.3 Å². The van der Waals surface area contributed by atoms with Crippen molar-refractivity contribution in [3.8, 4) is 0 Å². The van der Waals surface area contributed by atoms with Crippen LogP contribution in [0.5, 0.6) is 0 Å². The molecule has 0 aromatic heterocycles. The van der Waals surface area contributed by atoms with E-state index in [1.807, 2.05) is 44.2 Å². The highest BCUT2D eigenvalue weighted by Crippen LogP contribution is 2.28. The fourth-order valence-corrected chi connectivity index (χ4v) is 2.74. The lowest BCUT2D eigenvalue weighted by atomic mass is 9.86. The Labute approximate surface area is 157 Å². The maximum absolute atomic E-state index is 12.6. The Hall–Kier alpha value is -3.22. The summed E-state index contributed by atoms with van der Waals surface area (Å²) in [5.41, 5.74) is 0.667. The number of para-hydroxylation sites is 2. The van der Waals surface area contributed by atoms with E-state index in [1.165, 1.54) is 18.2 Å². The second kappa shape index (κ2) is 9.47. The molecule has 2 atom stereocenters. The number of nitro groups is 1. The summed E-state index contributed by atoms with van der Waals surface area (Å²) in [4.78, 5) is 35.1. The van der Waals surface area contributed by atoms with Crippen molar-refractivity contribution in [2.24, 2.45) is 5.92 Å². The molecule has 0 fully saturated rings. The van der Waals surface area contributed by atoms with Gasteiger partial charge in [-0.15, -0.1) is 0 Å². The molecule has 2 rings (SSSR count). The standard InChI is InChI=1S/C20H22N2O5/c1-3-14(2)19(15-9-5-4-6-10-15)20(24)27-13-18(23)21-16-11-7-8-12-17(16)22(25)26/h4-12,14,19H,3,13H2,1-2H3,(H,21,23)/t14-,19-/m0/s1. The third-order valence-electron chi connectivity index (χ3n) is 4.35. The molecular weight excluding hydrogens is 348 g/mol. The van der Waals surface area contributed by atoms with Gasteiger partial charge in [-0.3, -0.25) is 19.7 Å². The van der Waals surface area contributed by atoms with Crippen LogP contribution in [0.4, 0.5) is 11.4 Å². The van der Waals surface area contributed by atoms with E-state index in [-0.39, 0.29) is 17.3 Å². The predicted octanol–water partition coefficient (Wildman–Crippen LogP) is 3.91. The number of carbonyl (C=O) groups excluding carboxylic acids is 2. The Kier molecular flexibility index (Phi) is 7.05. The lowest BCUT2D eigenvalue weighted by molar-refractivity contribution is -0.383. The fraction of sp³-hybridized carbons (Fsp3) is 0.300. The number of esters is 1. The molecule has 0 saturated carbocycles. The van der Waals surface area contributed by atoms with Crippen molar-refractivity contribution in [2.45, 2.75) is 26.2 Å². The van der Waals surface area contributed by atoms with Crippen molar-refractivity contribution < 1.29 is 19.2 Å². The van der Waals surface area contributed by atoms with Crippen LogP contribution in [0.15, 0.2) is 54.6 Å². The summed E-state index contributed by atoms with van der Waals surface area (Å²) >= 11 is 0. The molecule has 0 radical (unpaired) electrons. The summed E-state index contributed by atoms with van der Waals surface area (Å²) in [6.45, 7) is 3.42. The van der Waals surface area contributed by atoms with Crippen molar-refractivity contribution in [1.29, 1.82) is 0 Å². The third kappa shape index (κ3) is 5.37. The minimum Gasteiger partial charge on any atom is -0.455 e. The number of hydrogen-bond acceptors (Lipinski definition) is 5. The summed E-state index contributed by atoms with van der Waals surface area (Å²) in [6, 6.07) is 15.0. The van der Waals surface area contributed by atoms with Gasteiger partial charge >= 0.3 is 5.97 Å². The molecule has 0 bridgehead atoms. The summed E-state index contributed by atoms with van der Waals surface area (Å²) in [7, 11) is 0. The first kappa shape index (κ1) is 20.1. The summed E-state index contributed by atoms with van der Waals surface area (Å²) in [5, 5.41) is 13.4. The Morgan fingerprint density at radius 2 is 1.74 bits per heavy atom. The number of nitro benzene ring substituents is 1. The van der Waals surface area contributed by atoms with Crippen molar-refractivity contribution in [3.63, 3.8) is 0 Å². The van der Waals surface area contributed by atoms with E-state index in [9.17, 15) is 19.7 Å². The molecule has 1 N–H and O–H groups in total. The number of amides is 1. The number of rotatable bonds is 8. The molecule has 1 amide bonds. The van der Waals surface area contributed by atoms with E-state index < -0.39 is 29.3 Å². The van der Waals surface area contributed by atoms with Crippen LogP contribution >= 0.6 is 0 Å². The zero-order chi connectivity index (χ0) is 19.8. The first-order chi connectivity index (χ1) is 12.9. The van der Waals surface area contributed by atoms with E-state index in [1.54, 1.807) is 6.07 Å². The Morgan fingerprint density at radius 3 is 2.37 bits per heavy atom. The van der Waals surface area contributed by atoms with E-state index in [0.29, 0.717) is 0 Å². The highest BCUT2D eigenvalue weighted by atomic mass is 16.6.